The van der Waals surface area contributed by atoms with E-state index in [0.717, 1.165) is 11.3 Å². The number of ketones is 2. The third kappa shape index (κ3) is 5.17. The lowest BCUT2D eigenvalue weighted by Crippen LogP contribution is -2.39. The van der Waals surface area contributed by atoms with Gasteiger partial charge in [-0.25, -0.2) is 0 Å². The van der Waals surface area contributed by atoms with Gasteiger partial charge in [-0.3, -0.25) is 24.1 Å². The van der Waals surface area contributed by atoms with Crippen LogP contribution in [0.25, 0.3) is 0 Å². The van der Waals surface area contributed by atoms with Crippen LogP contribution in [-0.2, 0) is 19.2 Å². The van der Waals surface area contributed by atoms with Gasteiger partial charge in [0.25, 0.3) is 0 Å². The van der Waals surface area contributed by atoms with E-state index in [9.17, 15) is 24.3 Å². The van der Waals surface area contributed by atoms with E-state index in [2.05, 4.69) is 26.2 Å². The topological polar surface area (TPSA) is 120 Å². The summed E-state index contributed by atoms with van der Waals surface area (Å²) in [4.78, 5) is 58.2. The molecule has 7 rings (SSSR count). The van der Waals surface area contributed by atoms with Crippen molar-refractivity contribution in [3.05, 3.63) is 111 Å². The van der Waals surface area contributed by atoms with Gasteiger partial charge in [-0.15, -0.1) is 0 Å². The van der Waals surface area contributed by atoms with E-state index in [4.69, 9.17) is 0 Å². The zero-order chi connectivity index (χ0) is 33.1. The van der Waals surface area contributed by atoms with Crippen molar-refractivity contribution in [2.75, 3.05) is 23.9 Å². The minimum atomic E-state index is -0.719. The van der Waals surface area contributed by atoms with Crippen molar-refractivity contribution < 1.29 is 24.3 Å². The lowest BCUT2D eigenvalue weighted by Gasteiger charge is -2.42. The van der Waals surface area contributed by atoms with Crippen LogP contribution in [0.2, 0.25) is 0 Å². The lowest BCUT2D eigenvalue weighted by atomic mass is 9.59. The summed E-state index contributed by atoms with van der Waals surface area (Å²) in [5.74, 6) is -3.70. The number of allylic oxidation sites excluding steroid dienone is 6. The van der Waals surface area contributed by atoms with Gasteiger partial charge in [-0.2, -0.15) is 10.2 Å². The lowest BCUT2D eigenvalue weighted by molar-refractivity contribution is -0.123. The number of fused-ring (bicyclic) bond motifs is 3. The predicted molar refractivity (Wildman–Crippen MR) is 181 cm³/mol. The first-order chi connectivity index (χ1) is 22.5. The van der Waals surface area contributed by atoms with Crippen LogP contribution in [0.3, 0.4) is 0 Å². The maximum absolute atomic E-state index is 14.2. The highest BCUT2D eigenvalue weighted by Gasteiger charge is 2.56. The standard InChI is InChI=1S/C37H31BrN4O5/c1-19-16-31(44)34-29(35(19)45)18-27-25(32(34)28-17-20(38)4-15-30(28)43)13-14-26-33(27)37(47)42(36(26)46)24-11-7-22(8-12-24)40-39-21-5-9-23(10-6-21)41(2)3/h4-13,15-17,26-27,32-33,43H,14,18H2,1-3H3. The fourth-order valence-corrected chi connectivity index (χ4v) is 7.73. The summed E-state index contributed by atoms with van der Waals surface area (Å²) in [6, 6.07) is 19.4. The number of imide groups is 1. The molecule has 4 atom stereocenters. The van der Waals surface area contributed by atoms with Gasteiger partial charge in [0.05, 0.1) is 28.9 Å². The number of Topliss-reactive ketones (excluding diaryl/α,β-unsaturated/α-hetero) is 1. The Balaban J connectivity index is 1.20. The molecule has 236 valence electrons. The Morgan fingerprint density at radius 2 is 1.53 bits per heavy atom. The number of halogens is 1. The molecule has 9 nitrogen and oxygen atoms in total. The average Bonchev–Trinajstić information content (AvgIpc) is 3.32. The number of aromatic hydroxyl groups is 1. The van der Waals surface area contributed by atoms with Crippen molar-refractivity contribution in [2.45, 2.75) is 25.7 Å². The maximum Gasteiger partial charge on any atom is 0.238 e. The van der Waals surface area contributed by atoms with E-state index < -0.39 is 23.7 Å². The summed E-state index contributed by atoms with van der Waals surface area (Å²) in [6.45, 7) is 1.61. The van der Waals surface area contributed by atoms with Gasteiger partial charge in [0.1, 0.15) is 5.75 Å². The molecule has 1 saturated heterocycles. The van der Waals surface area contributed by atoms with Gasteiger partial charge in [0.2, 0.25) is 11.8 Å². The molecule has 0 radical (unpaired) electrons. The zero-order valence-corrected chi connectivity index (χ0v) is 27.6. The molecule has 4 aliphatic rings. The van der Waals surface area contributed by atoms with Gasteiger partial charge in [0.15, 0.2) is 11.6 Å². The van der Waals surface area contributed by atoms with E-state index in [-0.39, 0.29) is 35.6 Å². The second-order valence-electron chi connectivity index (χ2n) is 12.6. The first kappa shape index (κ1) is 30.7. The van der Waals surface area contributed by atoms with E-state index in [1.807, 2.05) is 49.3 Å². The van der Waals surface area contributed by atoms with Gasteiger partial charge in [0, 0.05) is 52.5 Å². The number of anilines is 2. The van der Waals surface area contributed by atoms with E-state index in [1.165, 1.54) is 11.0 Å². The molecular weight excluding hydrogens is 660 g/mol. The minimum absolute atomic E-state index is 0.0153. The molecule has 10 heteroatoms. The Kier molecular flexibility index (Phi) is 7.63. The molecule has 0 bridgehead atoms. The second-order valence-corrected chi connectivity index (χ2v) is 13.5. The Labute approximate surface area is 280 Å². The highest BCUT2D eigenvalue weighted by molar-refractivity contribution is 9.10. The molecule has 3 aromatic carbocycles. The Bertz CT molecular complexity index is 1990. The third-order valence-corrected chi connectivity index (χ3v) is 10.1. The molecule has 47 heavy (non-hydrogen) atoms. The number of phenolic OH excluding ortho intramolecular Hbond substituents is 1. The molecule has 0 aromatic heterocycles. The number of hydrogen-bond donors (Lipinski definition) is 1. The smallest absolute Gasteiger partial charge is 0.238 e. The highest BCUT2D eigenvalue weighted by atomic mass is 79.9. The Morgan fingerprint density at radius 3 is 2.19 bits per heavy atom. The van der Waals surface area contributed by atoms with Gasteiger partial charge >= 0.3 is 0 Å². The fraction of sp³-hybridized carbons (Fsp3) is 0.243. The normalized spacial score (nSPS) is 23.9. The second kappa shape index (κ2) is 11.7. The fourth-order valence-electron chi connectivity index (χ4n) is 7.35. The molecule has 2 amide bonds. The van der Waals surface area contributed by atoms with Gasteiger partial charge in [-0.1, -0.05) is 27.6 Å². The largest absolute Gasteiger partial charge is 0.508 e. The molecular formula is C37H31BrN4O5. The van der Waals surface area contributed by atoms with Crippen molar-refractivity contribution in [3.63, 3.8) is 0 Å². The van der Waals surface area contributed by atoms with E-state index >= 15 is 0 Å². The summed E-state index contributed by atoms with van der Waals surface area (Å²) in [5.41, 5.74) is 5.03. The number of benzene rings is 3. The van der Waals surface area contributed by atoms with Crippen molar-refractivity contribution in [2.24, 2.45) is 28.0 Å². The molecule has 0 spiro atoms. The number of phenols is 1. The summed E-state index contributed by atoms with van der Waals surface area (Å²) >= 11 is 3.48. The Morgan fingerprint density at radius 1 is 0.872 bits per heavy atom. The number of rotatable bonds is 5. The summed E-state index contributed by atoms with van der Waals surface area (Å²) < 4.78 is 0.702. The SMILES string of the molecule is CC1=CC(=O)C2=C(CC3C(=CCC4C(=O)N(c5ccc(N=Nc6ccc(N(C)C)cc6)cc5)C(=O)C43)C2c2cc(Br)ccc2O)C1=O. The molecule has 1 N–H and O–H groups in total. The first-order valence-electron chi connectivity index (χ1n) is 15.4. The number of carbonyl (C=O) groups is 4. The molecule has 4 unspecified atom stereocenters. The van der Waals surface area contributed by atoms with Crippen molar-refractivity contribution in [1.29, 1.82) is 0 Å². The Hall–Kier alpha value is -4.96. The van der Waals surface area contributed by atoms with Crippen LogP contribution < -0.4 is 9.80 Å². The number of nitrogens with zero attached hydrogens (tertiary/aromatic N) is 4. The van der Waals surface area contributed by atoms with Crippen molar-refractivity contribution in [1.82, 2.24) is 0 Å². The van der Waals surface area contributed by atoms with Crippen LogP contribution in [0.5, 0.6) is 5.75 Å². The quantitative estimate of drug-likeness (QED) is 0.130. The van der Waals surface area contributed by atoms with Crippen molar-refractivity contribution in [3.8, 4) is 5.75 Å². The number of amides is 2. The van der Waals surface area contributed by atoms with Crippen LogP contribution in [-0.4, -0.2) is 42.6 Å². The maximum atomic E-state index is 14.2. The first-order valence-corrected chi connectivity index (χ1v) is 16.2. The highest BCUT2D eigenvalue weighted by Crippen LogP contribution is 2.56. The van der Waals surface area contributed by atoms with Crippen molar-refractivity contribution >= 4 is 62.1 Å². The molecule has 3 aliphatic carbocycles. The average molecular weight is 692 g/mol. The number of hydrogen-bond acceptors (Lipinski definition) is 8. The van der Waals surface area contributed by atoms with E-state index in [0.29, 0.717) is 50.2 Å². The van der Waals surface area contributed by atoms with Crippen LogP contribution in [0.1, 0.15) is 31.2 Å². The molecule has 1 heterocycles. The van der Waals surface area contributed by atoms with Crippen LogP contribution >= 0.6 is 15.9 Å². The van der Waals surface area contributed by atoms with Gasteiger partial charge < -0.3 is 10.0 Å². The number of azo groups is 1. The summed E-state index contributed by atoms with van der Waals surface area (Å²) in [7, 11) is 3.93. The third-order valence-electron chi connectivity index (χ3n) is 9.62. The molecule has 3 aromatic rings. The zero-order valence-electron chi connectivity index (χ0n) is 26.0. The molecule has 1 fully saturated rings. The van der Waals surface area contributed by atoms with E-state index in [1.54, 1.807) is 49.4 Å². The number of carbonyl (C=O) groups excluding carboxylic acids is 4. The summed E-state index contributed by atoms with van der Waals surface area (Å²) in [5, 5.41) is 19.6. The monoisotopic (exact) mass is 690 g/mol. The van der Waals surface area contributed by atoms with Crippen LogP contribution in [0.4, 0.5) is 22.7 Å². The minimum Gasteiger partial charge on any atom is -0.508 e. The summed E-state index contributed by atoms with van der Waals surface area (Å²) in [6.07, 6.45) is 3.77. The van der Waals surface area contributed by atoms with Crippen LogP contribution in [0, 0.1) is 17.8 Å². The predicted octanol–water partition coefficient (Wildman–Crippen LogP) is 7.27. The van der Waals surface area contributed by atoms with Gasteiger partial charge in [-0.05, 0) is 98.5 Å². The molecule has 0 saturated carbocycles. The molecule has 1 aliphatic heterocycles. The van der Waals surface area contributed by atoms with Crippen LogP contribution in [0.15, 0.2) is 116 Å².